The average molecular weight is 261 g/mol. The van der Waals surface area contributed by atoms with E-state index in [9.17, 15) is 8.78 Å². The van der Waals surface area contributed by atoms with Crippen molar-refractivity contribution in [1.82, 2.24) is 5.32 Å². The van der Waals surface area contributed by atoms with Crippen molar-refractivity contribution in [3.05, 3.63) is 59.7 Å². The van der Waals surface area contributed by atoms with Crippen LogP contribution in [0.3, 0.4) is 0 Å². The molecule has 100 valence electrons. The van der Waals surface area contributed by atoms with Crippen LogP contribution >= 0.6 is 0 Å². The van der Waals surface area contributed by atoms with E-state index in [1.54, 1.807) is 0 Å². The Balaban J connectivity index is 2.22. The fourth-order valence-electron chi connectivity index (χ4n) is 1.99. The Morgan fingerprint density at radius 3 is 2.37 bits per heavy atom. The van der Waals surface area contributed by atoms with Gasteiger partial charge in [0, 0.05) is 12.6 Å². The summed E-state index contributed by atoms with van der Waals surface area (Å²) in [5.74, 6) is -1.10. The predicted molar refractivity (Wildman–Crippen MR) is 73.8 cm³/mol. The zero-order valence-corrected chi connectivity index (χ0v) is 10.9. The largest absolute Gasteiger partial charge is 0.313 e. The van der Waals surface area contributed by atoms with Gasteiger partial charge in [0.15, 0.2) is 0 Å². The third-order valence-electron chi connectivity index (χ3n) is 2.88. The summed E-state index contributed by atoms with van der Waals surface area (Å²) in [5.41, 5.74) is 2.50. The minimum absolute atomic E-state index is 0.551. The third kappa shape index (κ3) is 3.86. The van der Waals surface area contributed by atoms with E-state index in [-0.39, 0.29) is 0 Å². The molecule has 1 N–H and O–H groups in total. The SMILES string of the molecule is CCCNCc1cccc(-c2cc(F)cc(F)c2)c1. The molecule has 0 radical (unpaired) electrons. The molecule has 0 saturated heterocycles. The molecular weight excluding hydrogens is 244 g/mol. The summed E-state index contributed by atoms with van der Waals surface area (Å²) < 4.78 is 26.4. The molecule has 2 rings (SSSR count). The average Bonchev–Trinajstić information content (AvgIpc) is 2.38. The molecule has 0 spiro atoms. The van der Waals surface area contributed by atoms with Crippen LogP contribution in [0.4, 0.5) is 8.78 Å². The molecule has 0 aromatic heterocycles. The number of benzene rings is 2. The van der Waals surface area contributed by atoms with Gasteiger partial charge in [0.25, 0.3) is 0 Å². The van der Waals surface area contributed by atoms with E-state index in [0.29, 0.717) is 5.56 Å². The van der Waals surface area contributed by atoms with Gasteiger partial charge >= 0.3 is 0 Å². The number of halogens is 2. The number of nitrogens with one attached hydrogen (secondary N) is 1. The van der Waals surface area contributed by atoms with Crippen LogP contribution in [0.5, 0.6) is 0 Å². The van der Waals surface area contributed by atoms with Gasteiger partial charge in [-0.1, -0.05) is 25.1 Å². The molecule has 0 atom stereocenters. The Bertz CT molecular complexity index is 532. The summed E-state index contributed by atoms with van der Waals surface area (Å²) in [6.45, 7) is 3.83. The topological polar surface area (TPSA) is 12.0 Å². The zero-order chi connectivity index (χ0) is 13.7. The second-order valence-corrected chi connectivity index (χ2v) is 4.54. The summed E-state index contributed by atoms with van der Waals surface area (Å²) >= 11 is 0. The molecule has 2 aromatic rings. The van der Waals surface area contributed by atoms with Crippen molar-refractivity contribution in [1.29, 1.82) is 0 Å². The lowest BCUT2D eigenvalue weighted by Gasteiger charge is -2.07. The van der Waals surface area contributed by atoms with Gasteiger partial charge in [0.2, 0.25) is 0 Å². The van der Waals surface area contributed by atoms with Gasteiger partial charge < -0.3 is 5.32 Å². The van der Waals surface area contributed by atoms with Gasteiger partial charge in [-0.2, -0.15) is 0 Å². The molecule has 0 heterocycles. The Hall–Kier alpha value is -1.74. The minimum Gasteiger partial charge on any atom is -0.313 e. The van der Waals surface area contributed by atoms with Crippen LogP contribution in [-0.2, 0) is 6.54 Å². The van der Waals surface area contributed by atoms with E-state index in [0.717, 1.165) is 36.7 Å². The van der Waals surface area contributed by atoms with Crippen LogP contribution in [0.25, 0.3) is 11.1 Å². The number of hydrogen-bond donors (Lipinski definition) is 1. The minimum atomic E-state index is -0.551. The van der Waals surface area contributed by atoms with E-state index in [4.69, 9.17) is 0 Å². The monoisotopic (exact) mass is 261 g/mol. The van der Waals surface area contributed by atoms with Gasteiger partial charge in [0.05, 0.1) is 0 Å². The molecule has 0 aliphatic heterocycles. The normalized spacial score (nSPS) is 10.7. The Morgan fingerprint density at radius 1 is 0.947 bits per heavy atom. The van der Waals surface area contributed by atoms with Crippen LogP contribution in [-0.4, -0.2) is 6.54 Å². The first-order valence-corrected chi connectivity index (χ1v) is 6.45. The molecule has 0 fully saturated rings. The van der Waals surface area contributed by atoms with Crippen LogP contribution < -0.4 is 5.32 Å². The van der Waals surface area contributed by atoms with Crippen molar-refractivity contribution in [2.24, 2.45) is 0 Å². The highest BCUT2D eigenvalue weighted by Gasteiger charge is 2.04. The lowest BCUT2D eigenvalue weighted by molar-refractivity contribution is 0.584. The second kappa shape index (κ2) is 6.43. The van der Waals surface area contributed by atoms with Gasteiger partial charge in [-0.3, -0.25) is 0 Å². The summed E-state index contributed by atoms with van der Waals surface area (Å²) in [5, 5.41) is 3.30. The van der Waals surface area contributed by atoms with Crippen molar-refractivity contribution in [2.75, 3.05) is 6.54 Å². The quantitative estimate of drug-likeness (QED) is 0.798. The molecule has 0 bridgehead atoms. The van der Waals surface area contributed by atoms with Crippen molar-refractivity contribution in [3.63, 3.8) is 0 Å². The van der Waals surface area contributed by atoms with Crippen molar-refractivity contribution in [3.8, 4) is 11.1 Å². The highest BCUT2D eigenvalue weighted by molar-refractivity contribution is 5.64. The lowest BCUT2D eigenvalue weighted by Crippen LogP contribution is -2.13. The molecule has 0 amide bonds. The lowest BCUT2D eigenvalue weighted by atomic mass is 10.0. The van der Waals surface area contributed by atoms with Crippen molar-refractivity contribution < 1.29 is 8.78 Å². The summed E-state index contributed by atoms with van der Waals surface area (Å²) in [6.07, 6.45) is 1.08. The smallest absolute Gasteiger partial charge is 0.126 e. The Kier molecular flexibility index (Phi) is 4.63. The summed E-state index contributed by atoms with van der Waals surface area (Å²) in [7, 11) is 0. The fraction of sp³-hybridized carbons (Fsp3) is 0.250. The van der Waals surface area contributed by atoms with E-state index < -0.39 is 11.6 Å². The fourth-order valence-corrected chi connectivity index (χ4v) is 1.99. The maximum Gasteiger partial charge on any atom is 0.126 e. The molecule has 2 aromatic carbocycles. The Morgan fingerprint density at radius 2 is 1.68 bits per heavy atom. The zero-order valence-electron chi connectivity index (χ0n) is 10.9. The van der Waals surface area contributed by atoms with Gasteiger partial charge in [-0.05, 0) is 47.9 Å². The van der Waals surface area contributed by atoms with Gasteiger partial charge in [0.1, 0.15) is 11.6 Å². The van der Waals surface area contributed by atoms with Crippen molar-refractivity contribution >= 4 is 0 Å². The van der Waals surface area contributed by atoms with Crippen LogP contribution in [0, 0.1) is 11.6 Å². The first kappa shape index (κ1) is 13.7. The maximum atomic E-state index is 13.2. The van der Waals surface area contributed by atoms with E-state index in [1.807, 2.05) is 24.3 Å². The highest BCUT2D eigenvalue weighted by atomic mass is 19.1. The standard InChI is InChI=1S/C16H17F2N/c1-2-6-19-11-12-4-3-5-13(7-12)14-8-15(17)10-16(18)9-14/h3-5,7-10,19H,2,6,11H2,1H3. The number of hydrogen-bond acceptors (Lipinski definition) is 1. The molecule has 3 heteroatoms. The molecule has 0 aliphatic rings. The molecule has 0 saturated carbocycles. The molecule has 0 unspecified atom stereocenters. The van der Waals surface area contributed by atoms with Gasteiger partial charge in [-0.25, -0.2) is 8.78 Å². The molecular formula is C16H17F2N. The number of rotatable bonds is 5. The second-order valence-electron chi connectivity index (χ2n) is 4.54. The highest BCUT2D eigenvalue weighted by Crippen LogP contribution is 2.22. The molecule has 0 aliphatic carbocycles. The maximum absolute atomic E-state index is 13.2. The van der Waals surface area contributed by atoms with Crippen LogP contribution in [0.15, 0.2) is 42.5 Å². The summed E-state index contributed by atoms with van der Waals surface area (Å²) in [4.78, 5) is 0. The molecule has 19 heavy (non-hydrogen) atoms. The summed E-state index contributed by atoms with van der Waals surface area (Å²) in [6, 6.07) is 11.3. The Labute approximate surface area is 112 Å². The van der Waals surface area contributed by atoms with Crippen LogP contribution in [0.1, 0.15) is 18.9 Å². The van der Waals surface area contributed by atoms with E-state index in [1.165, 1.54) is 12.1 Å². The van der Waals surface area contributed by atoms with Crippen molar-refractivity contribution in [2.45, 2.75) is 19.9 Å². The van der Waals surface area contributed by atoms with Gasteiger partial charge in [-0.15, -0.1) is 0 Å². The molecule has 1 nitrogen and oxygen atoms in total. The van der Waals surface area contributed by atoms with E-state index >= 15 is 0 Å². The first-order chi connectivity index (χ1) is 9.19. The third-order valence-corrected chi connectivity index (χ3v) is 2.88. The van der Waals surface area contributed by atoms with Crippen LogP contribution in [0.2, 0.25) is 0 Å². The van der Waals surface area contributed by atoms with E-state index in [2.05, 4.69) is 12.2 Å². The predicted octanol–water partition coefficient (Wildman–Crippen LogP) is 4.13. The first-order valence-electron chi connectivity index (χ1n) is 6.45.